The summed E-state index contributed by atoms with van der Waals surface area (Å²) in [5.74, 6) is -1.22. The first-order valence-electron chi connectivity index (χ1n) is 9.89. The molecule has 0 saturated heterocycles. The SMILES string of the molecule is CCN(CC)CCN(C(=O)CSc1ccc(C)cc1)c1nc2c(F)cc(F)cc2s1. The predicted molar refractivity (Wildman–Crippen MR) is 122 cm³/mol. The number of hydrogen-bond acceptors (Lipinski definition) is 5. The number of thiazole rings is 1. The molecule has 0 radical (unpaired) electrons. The quantitative estimate of drug-likeness (QED) is 0.413. The molecule has 0 aliphatic rings. The number of benzene rings is 2. The molecule has 0 aliphatic heterocycles. The van der Waals surface area contributed by atoms with Crippen molar-refractivity contribution in [2.45, 2.75) is 25.7 Å². The average molecular weight is 450 g/mol. The fraction of sp³-hybridized carbons (Fsp3) is 0.364. The summed E-state index contributed by atoms with van der Waals surface area (Å²) in [4.78, 5) is 22.2. The lowest BCUT2D eigenvalue weighted by atomic mass is 10.2. The minimum Gasteiger partial charge on any atom is -0.302 e. The summed E-state index contributed by atoms with van der Waals surface area (Å²) < 4.78 is 28.1. The highest BCUT2D eigenvalue weighted by molar-refractivity contribution is 8.00. The molecule has 2 aromatic carbocycles. The molecule has 160 valence electrons. The summed E-state index contributed by atoms with van der Waals surface area (Å²) in [7, 11) is 0. The zero-order valence-corrected chi connectivity index (χ0v) is 19.0. The van der Waals surface area contributed by atoms with E-state index in [-0.39, 0.29) is 17.2 Å². The number of aryl methyl sites for hydroxylation is 1. The van der Waals surface area contributed by atoms with Gasteiger partial charge < -0.3 is 4.90 Å². The Hall–Kier alpha value is -2.03. The Morgan fingerprint density at radius 2 is 1.80 bits per heavy atom. The number of nitrogens with zero attached hydrogens (tertiary/aromatic N) is 3. The molecule has 0 atom stereocenters. The molecule has 0 fully saturated rings. The summed E-state index contributed by atoms with van der Waals surface area (Å²) in [6, 6.07) is 10.1. The lowest BCUT2D eigenvalue weighted by molar-refractivity contribution is -0.116. The molecule has 1 aromatic heterocycles. The van der Waals surface area contributed by atoms with Gasteiger partial charge in [-0.3, -0.25) is 9.69 Å². The maximum Gasteiger partial charge on any atom is 0.239 e. The third kappa shape index (κ3) is 5.56. The highest BCUT2D eigenvalue weighted by Crippen LogP contribution is 2.32. The van der Waals surface area contributed by atoms with Gasteiger partial charge >= 0.3 is 0 Å². The van der Waals surface area contributed by atoms with E-state index in [2.05, 4.69) is 23.7 Å². The molecule has 0 aliphatic carbocycles. The van der Waals surface area contributed by atoms with Crippen LogP contribution in [0.2, 0.25) is 0 Å². The fourth-order valence-electron chi connectivity index (χ4n) is 3.03. The molecule has 8 heteroatoms. The highest BCUT2D eigenvalue weighted by atomic mass is 32.2. The van der Waals surface area contributed by atoms with Gasteiger partial charge in [0.2, 0.25) is 5.91 Å². The van der Waals surface area contributed by atoms with Crippen LogP contribution >= 0.6 is 23.1 Å². The number of carbonyl (C=O) groups excluding carboxylic acids is 1. The van der Waals surface area contributed by atoms with Crippen LogP contribution in [0.15, 0.2) is 41.3 Å². The Balaban J connectivity index is 1.82. The van der Waals surface area contributed by atoms with Crippen LogP contribution in [0.3, 0.4) is 0 Å². The van der Waals surface area contributed by atoms with E-state index < -0.39 is 11.6 Å². The summed E-state index contributed by atoms with van der Waals surface area (Å²) in [5.41, 5.74) is 1.26. The van der Waals surface area contributed by atoms with Gasteiger partial charge in [-0.2, -0.15) is 0 Å². The largest absolute Gasteiger partial charge is 0.302 e. The van der Waals surface area contributed by atoms with Crippen LogP contribution in [0.5, 0.6) is 0 Å². The van der Waals surface area contributed by atoms with Gasteiger partial charge in [0.15, 0.2) is 10.9 Å². The van der Waals surface area contributed by atoms with Gasteiger partial charge in [-0.25, -0.2) is 13.8 Å². The minimum atomic E-state index is -0.710. The molecule has 1 amide bonds. The van der Waals surface area contributed by atoms with Crippen molar-refractivity contribution in [1.82, 2.24) is 9.88 Å². The van der Waals surface area contributed by atoms with E-state index in [9.17, 15) is 13.6 Å². The first kappa shape index (κ1) is 22.7. The number of anilines is 1. The number of fused-ring (bicyclic) bond motifs is 1. The fourth-order valence-corrected chi connectivity index (χ4v) is 4.85. The molecular weight excluding hydrogens is 424 g/mol. The van der Waals surface area contributed by atoms with Crippen molar-refractivity contribution >= 4 is 44.4 Å². The first-order valence-corrected chi connectivity index (χ1v) is 11.7. The third-order valence-electron chi connectivity index (χ3n) is 4.85. The van der Waals surface area contributed by atoms with Gasteiger partial charge in [-0.1, -0.05) is 42.9 Å². The molecule has 3 rings (SSSR count). The third-order valence-corrected chi connectivity index (χ3v) is 6.87. The molecule has 0 N–H and O–H groups in total. The number of likely N-dealkylation sites (N-methyl/N-ethyl adjacent to an activating group) is 1. The summed E-state index contributed by atoms with van der Waals surface area (Å²) in [5, 5.41) is 0.399. The van der Waals surface area contributed by atoms with Crippen molar-refractivity contribution in [1.29, 1.82) is 0 Å². The second kappa shape index (κ2) is 10.3. The zero-order valence-electron chi connectivity index (χ0n) is 17.3. The molecular formula is C22H25F2N3OS2. The van der Waals surface area contributed by atoms with Gasteiger partial charge in [0.05, 0.1) is 10.5 Å². The van der Waals surface area contributed by atoms with E-state index in [0.717, 1.165) is 41.0 Å². The topological polar surface area (TPSA) is 36.4 Å². The molecule has 4 nitrogen and oxygen atoms in total. The predicted octanol–water partition coefficient (Wildman–Crippen LogP) is 5.35. The lowest BCUT2D eigenvalue weighted by Gasteiger charge is -2.24. The molecule has 3 aromatic rings. The van der Waals surface area contributed by atoms with Crippen LogP contribution < -0.4 is 4.90 Å². The van der Waals surface area contributed by atoms with Crippen molar-refractivity contribution in [2.75, 3.05) is 36.8 Å². The molecule has 1 heterocycles. The van der Waals surface area contributed by atoms with Gasteiger partial charge in [0.25, 0.3) is 0 Å². The van der Waals surface area contributed by atoms with Crippen molar-refractivity contribution < 1.29 is 13.6 Å². The number of carbonyl (C=O) groups is 1. The monoisotopic (exact) mass is 449 g/mol. The number of hydrogen-bond donors (Lipinski definition) is 0. The average Bonchev–Trinajstić information content (AvgIpc) is 3.14. The van der Waals surface area contributed by atoms with Crippen LogP contribution in [0.4, 0.5) is 13.9 Å². The number of rotatable bonds is 9. The van der Waals surface area contributed by atoms with Crippen molar-refractivity contribution in [3.05, 3.63) is 53.6 Å². The highest BCUT2D eigenvalue weighted by Gasteiger charge is 2.22. The number of halogens is 2. The molecule has 30 heavy (non-hydrogen) atoms. The van der Waals surface area contributed by atoms with E-state index in [0.29, 0.717) is 22.9 Å². The maximum absolute atomic E-state index is 14.1. The smallest absolute Gasteiger partial charge is 0.239 e. The van der Waals surface area contributed by atoms with Gasteiger partial charge in [0, 0.05) is 24.1 Å². The molecule has 0 bridgehead atoms. The van der Waals surface area contributed by atoms with Crippen LogP contribution in [0.25, 0.3) is 10.2 Å². The van der Waals surface area contributed by atoms with Crippen LogP contribution in [0.1, 0.15) is 19.4 Å². The van der Waals surface area contributed by atoms with E-state index in [4.69, 9.17) is 0 Å². The van der Waals surface area contributed by atoms with Crippen LogP contribution in [-0.4, -0.2) is 47.7 Å². The normalized spacial score (nSPS) is 11.4. The summed E-state index contributed by atoms with van der Waals surface area (Å²) in [6.45, 7) is 9.02. The van der Waals surface area contributed by atoms with E-state index in [1.165, 1.54) is 17.8 Å². The minimum absolute atomic E-state index is 0.100. The van der Waals surface area contributed by atoms with E-state index in [1.54, 1.807) is 4.90 Å². The van der Waals surface area contributed by atoms with Crippen LogP contribution in [-0.2, 0) is 4.79 Å². The second-order valence-electron chi connectivity index (χ2n) is 6.90. The molecule has 0 spiro atoms. The maximum atomic E-state index is 14.1. The van der Waals surface area contributed by atoms with E-state index in [1.807, 2.05) is 31.2 Å². The van der Waals surface area contributed by atoms with Crippen molar-refractivity contribution in [2.24, 2.45) is 0 Å². The Bertz CT molecular complexity index is 1000. The molecule has 0 saturated carbocycles. The van der Waals surface area contributed by atoms with E-state index >= 15 is 0 Å². The van der Waals surface area contributed by atoms with Gasteiger partial charge in [-0.05, 0) is 38.2 Å². The lowest BCUT2D eigenvalue weighted by Crippen LogP contribution is -2.39. The standard InChI is InChI=1S/C22H25F2N3OS2/c1-4-26(5-2)10-11-27(20(28)14-29-17-8-6-15(3)7-9-17)22-25-21-18(24)12-16(23)13-19(21)30-22/h6-9,12-13H,4-5,10-11,14H2,1-3H3. The summed E-state index contributed by atoms with van der Waals surface area (Å²) in [6.07, 6.45) is 0. The Morgan fingerprint density at radius 1 is 1.10 bits per heavy atom. The van der Waals surface area contributed by atoms with Gasteiger partial charge in [-0.15, -0.1) is 11.8 Å². The van der Waals surface area contributed by atoms with Crippen LogP contribution in [0, 0.1) is 18.6 Å². The Kier molecular flexibility index (Phi) is 7.80. The Labute approximate surface area is 183 Å². The van der Waals surface area contributed by atoms with Gasteiger partial charge in [0.1, 0.15) is 11.3 Å². The Morgan fingerprint density at radius 3 is 2.47 bits per heavy atom. The number of amides is 1. The molecule has 0 unspecified atom stereocenters. The number of aromatic nitrogens is 1. The van der Waals surface area contributed by atoms with Crippen molar-refractivity contribution in [3.63, 3.8) is 0 Å². The second-order valence-corrected chi connectivity index (χ2v) is 8.96. The van der Waals surface area contributed by atoms with Crippen molar-refractivity contribution in [3.8, 4) is 0 Å². The first-order chi connectivity index (χ1) is 14.4. The summed E-state index contributed by atoms with van der Waals surface area (Å²) >= 11 is 2.60. The number of thioether (sulfide) groups is 1. The zero-order chi connectivity index (χ0) is 21.7.